The number of pyridine rings is 1. The zero-order valence-electron chi connectivity index (χ0n) is 9.51. The average molecular weight is 253 g/mol. The van der Waals surface area contributed by atoms with Gasteiger partial charge in [0, 0.05) is 11.8 Å². The number of alkyl halides is 3. The Morgan fingerprint density at radius 2 is 1.61 bits per heavy atom. The van der Waals surface area contributed by atoms with Gasteiger partial charge in [0.25, 0.3) is 0 Å². The van der Waals surface area contributed by atoms with Gasteiger partial charge in [-0.25, -0.2) is 0 Å². The minimum atomic E-state index is -4.34. The van der Waals surface area contributed by atoms with Crippen LogP contribution in [0.1, 0.15) is 11.3 Å². The Bertz CT molecular complexity index is 611. The van der Waals surface area contributed by atoms with E-state index in [1.165, 1.54) is 18.2 Å². The molecule has 2 aromatic rings. The van der Waals surface area contributed by atoms with E-state index in [9.17, 15) is 18.0 Å². The second kappa shape index (κ2) is 4.33. The third-order valence-corrected chi connectivity index (χ3v) is 2.52. The number of nitrogens with one attached hydrogen (secondary N) is 1. The van der Waals surface area contributed by atoms with Crippen LogP contribution in [0.5, 0.6) is 0 Å². The molecule has 0 unspecified atom stereocenters. The summed E-state index contributed by atoms with van der Waals surface area (Å²) in [4.78, 5) is 13.9. The van der Waals surface area contributed by atoms with Crippen LogP contribution in [-0.2, 0) is 6.18 Å². The molecule has 1 aromatic heterocycles. The van der Waals surface area contributed by atoms with Crippen LogP contribution < -0.4 is 5.56 Å². The van der Waals surface area contributed by atoms with E-state index >= 15 is 0 Å². The van der Waals surface area contributed by atoms with Crippen molar-refractivity contribution in [2.45, 2.75) is 13.1 Å². The highest BCUT2D eigenvalue weighted by atomic mass is 19.4. The van der Waals surface area contributed by atoms with Crippen molar-refractivity contribution in [2.24, 2.45) is 0 Å². The summed E-state index contributed by atoms with van der Waals surface area (Å²) >= 11 is 0. The van der Waals surface area contributed by atoms with Gasteiger partial charge in [-0.2, -0.15) is 13.2 Å². The fourth-order valence-electron chi connectivity index (χ4n) is 1.70. The predicted molar refractivity (Wildman–Crippen MR) is 62.2 cm³/mol. The van der Waals surface area contributed by atoms with Gasteiger partial charge in [0.05, 0.1) is 5.56 Å². The van der Waals surface area contributed by atoms with Crippen molar-refractivity contribution in [1.29, 1.82) is 0 Å². The number of H-pyrrole nitrogens is 1. The standard InChI is InChI=1S/C13H10F3NO/c1-8-6-10(7-12(18)17-8)9-2-4-11(5-3-9)13(14,15)16/h2-7H,1H3,(H,17,18). The van der Waals surface area contributed by atoms with E-state index in [4.69, 9.17) is 0 Å². The van der Waals surface area contributed by atoms with Gasteiger partial charge >= 0.3 is 6.18 Å². The number of hydrogen-bond acceptors (Lipinski definition) is 1. The van der Waals surface area contributed by atoms with Crippen LogP contribution in [-0.4, -0.2) is 4.98 Å². The Hall–Kier alpha value is -2.04. The first-order valence-corrected chi connectivity index (χ1v) is 5.25. The smallest absolute Gasteiger partial charge is 0.326 e. The maximum atomic E-state index is 12.4. The lowest BCUT2D eigenvalue weighted by Crippen LogP contribution is -2.06. The van der Waals surface area contributed by atoms with Crippen molar-refractivity contribution in [2.75, 3.05) is 0 Å². The summed E-state index contributed by atoms with van der Waals surface area (Å²) in [5.41, 5.74) is 0.872. The lowest BCUT2D eigenvalue weighted by molar-refractivity contribution is -0.137. The molecule has 0 aliphatic rings. The summed E-state index contributed by atoms with van der Waals surface area (Å²) in [6, 6.07) is 7.80. The number of rotatable bonds is 1. The van der Waals surface area contributed by atoms with Crippen molar-refractivity contribution in [3.63, 3.8) is 0 Å². The van der Waals surface area contributed by atoms with Gasteiger partial charge in [-0.15, -0.1) is 0 Å². The molecule has 0 amide bonds. The molecule has 0 spiro atoms. The summed E-state index contributed by atoms with van der Waals surface area (Å²) in [6.45, 7) is 1.72. The maximum Gasteiger partial charge on any atom is 0.416 e. The van der Waals surface area contributed by atoms with Gasteiger partial charge in [0.1, 0.15) is 0 Å². The highest BCUT2D eigenvalue weighted by Gasteiger charge is 2.29. The molecule has 18 heavy (non-hydrogen) atoms. The van der Waals surface area contributed by atoms with Crippen molar-refractivity contribution in [3.8, 4) is 11.1 Å². The molecule has 0 aliphatic carbocycles. The normalized spacial score (nSPS) is 11.6. The van der Waals surface area contributed by atoms with Crippen LogP contribution in [0.4, 0.5) is 13.2 Å². The molecule has 0 aliphatic heterocycles. The van der Waals surface area contributed by atoms with Gasteiger partial charge in [-0.05, 0) is 36.2 Å². The minimum absolute atomic E-state index is 0.273. The van der Waals surface area contributed by atoms with E-state index in [0.29, 0.717) is 16.8 Å². The van der Waals surface area contributed by atoms with Crippen LogP contribution in [0.2, 0.25) is 0 Å². The molecule has 1 aromatic carbocycles. The molecule has 1 heterocycles. The highest BCUT2D eigenvalue weighted by Crippen LogP contribution is 2.30. The lowest BCUT2D eigenvalue weighted by Gasteiger charge is -2.08. The zero-order valence-corrected chi connectivity index (χ0v) is 9.51. The molecule has 5 heteroatoms. The third kappa shape index (κ3) is 2.61. The second-order valence-electron chi connectivity index (χ2n) is 3.99. The number of benzene rings is 1. The van der Waals surface area contributed by atoms with E-state index in [0.717, 1.165) is 12.1 Å². The van der Waals surface area contributed by atoms with Crippen molar-refractivity contribution < 1.29 is 13.2 Å². The van der Waals surface area contributed by atoms with Crippen LogP contribution in [0.15, 0.2) is 41.2 Å². The molecule has 1 N–H and O–H groups in total. The molecule has 2 rings (SSSR count). The molecule has 0 atom stereocenters. The van der Waals surface area contributed by atoms with E-state index in [1.54, 1.807) is 13.0 Å². The molecule has 0 fully saturated rings. The fourth-order valence-corrected chi connectivity index (χ4v) is 1.70. The summed E-state index contributed by atoms with van der Waals surface area (Å²) < 4.78 is 37.2. The number of aryl methyl sites for hydroxylation is 1. The summed E-state index contributed by atoms with van der Waals surface area (Å²) in [5, 5.41) is 0. The fraction of sp³-hybridized carbons (Fsp3) is 0.154. The summed E-state index contributed by atoms with van der Waals surface area (Å²) in [5.74, 6) is 0. The molecular weight excluding hydrogens is 243 g/mol. The Labute approximate surface area is 101 Å². The molecule has 0 bridgehead atoms. The summed E-state index contributed by atoms with van der Waals surface area (Å²) in [7, 11) is 0. The van der Waals surface area contributed by atoms with Gasteiger partial charge < -0.3 is 4.98 Å². The minimum Gasteiger partial charge on any atom is -0.326 e. The Morgan fingerprint density at radius 3 is 2.11 bits per heavy atom. The quantitative estimate of drug-likeness (QED) is 0.830. The van der Waals surface area contributed by atoms with Gasteiger partial charge in [-0.3, -0.25) is 4.79 Å². The van der Waals surface area contributed by atoms with E-state index < -0.39 is 11.7 Å². The van der Waals surface area contributed by atoms with Crippen LogP contribution >= 0.6 is 0 Å². The Morgan fingerprint density at radius 1 is 1.00 bits per heavy atom. The number of aromatic amines is 1. The largest absolute Gasteiger partial charge is 0.416 e. The first-order chi connectivity index (χ1) is 8.36. The van der Waals surface area contributed by atoms with Gasteiger partial charge in [0.15, 0.2) is 0 Å². The van der Waals surface area contributed by atoms with Crippen molar-refractivity contribution >= 4 is 0 Å². The molecule has 94 valence electrons. The van der Waals surface area contributed by atoms with Crippen LogP contribution in [0.25, 0.3) is 11.1 Å². The zero-order chi connectivity index (χ0) is 13.3. The average Bonchev–Trinajstić information content (AvgIpc) is 2.27. The SMILES string of the molecule is Cc1cc(-c2ccc(C(F)(F)F)cc2)cc(=O)[nH]1. The third-order valence-electron chi connectivity index (χ3n) is 2.52. The Kier molecular flexibility index (Phi) is 2.98. The predicted octanol–water partition coefficient (Wildman–Crippen LogP) is 3.37. The molecule has 0 radical (unpaired) electrons. The van der Waals surface area contributed by atoms with Gasteiger partial charge in [-0.1, -0.05) is 12.1 Å². The van der Waals surface area contributed by atoms with Crippen molar-refractivity contribution in [3.05, 3.63) is 58.0 Å². The lowest BCUT2D eigenvalue weighted by atomic mass is 10.0. The van der Waals surface area contributed by atoms with Gasteiger partial charge in [0.2, 0.25) is 5.56 Å². The number of halogens is 3. The molecule has 0 saturated heterocycles. The van der Waals surface area contributed by atoms with Crippen molar-refractivity contribution in [1.82, 2.24) is 4.98 Å². The monoisotopic (exact) mass is 253 g/mol. The number of hydrogen-bond donors (Lipinski definition) is 1. The first-order valence-electron chi connectivity index (χ1n) is 5.25. The second-order valence-corrected chi connectivity index (χ2v) is 3.99. The first kappa shape index (κ1) is 12.4. The summed E-state index contributed by atoms with van der Waals surface area (Å²) in [6.07, 6.45) is -4.34. The number of aromatic nitrogens is 1. The van der Waals surface area contributed by atoms with E-state index in [2.05, 4.69) is 4.98 Å². The highest BCUT2D eigenvalue weighted by molar-refractivity contribution is 5.63. The maximum absolute atomic E-state index is 12.4. The molecule has 0 saturated carbocycles. The van der Waals surface area contributed by atoms with E-state index in [-0.39, 0.29) is 5.56 Å². The molecular formula is C13H10F3NO. The molecule has 2 nitrogen and oxygen atoms in total. The Balaban J connectivity index is 2.43. The van der Waals surface area contributed by atoms with E-state index in [1.807, 2.05) is 0 Å². The van der Waals surface area contributed by atoms with Crippen LogP contribution in [0.3, 0.4) is 0 Å². The topological polar surface area (TPSA) is 32.9 Å². The van der Waals surface area contributed by atoms with Crippen LogP contribution in [0, 0.1) is 6.92 Å².